The van der Waals surface area contributed by atoms with Crippen LogP contribution in [-0.4, -0.2) is 43.0 Å². The van der Waals surface area contributed by atoms with E-state index in [1.54, 1.807) is 43.2 Å². The molecule has 1 rings (SSSR count). The van der Waals surface area contributed by atoms with Gasteiger partial charge in [-0.3, -0.25) is 9.59 Å². The van der Waals surface area contributed by atoms with Crippen LogP contribution in [0.15, 0.2) is 24.3 Å². The van der Waals surface area contributed by atoms with Crippen molar-refractivity contribution in [2.75, 3.05) is 20.2 Å². The monoisotopic (exact) mass is 292 g/mol. The standard InChI is InChI=1S/C16H24N2O3/c1-5-12(2)18(13(3)19)10-9-17-16(20)14-7-6-8-15(11-14)21-4/h6-8,11-12H,5,9-10H2,1-4H3,(H,17,20). The van der Waals surface area contributed by atoms with Gasteiger partial charge in [-0.1, -0.05) is 13.0 Å². The first-order valence-corrected chi connectivity index (χ1v) is 7.19. The molecule has 1 unspecified atom stereocenters. The third kappa shape index (κ3) is 5.10. The van der Waals surface area contributed by atoms with Crippen LogP contribution < -0.4 is 10.1 Å². The quantitative estimate of drug-likeness (QED) is 0.837. The van der Waals surface area contributed by atoms with Crippen LogP contribution in [0.25, 0.3) is 0 Å². The van der Waals surface area contributed by atoms with Crippen molar-refractivity contribution in [3.05, 3.63) is 29.8 Å². The molecule has 2 amide bonds. The predicted molar refractivity (Wildman–Crippen MR) is 82.5 cm³/mol. The molecule has 5 heteroatoms. The summed E-state index contributed by atoms with van der Waals surface area (Å²) in [6.07, 6.45) is 0.892. The predicted octanol–water partition coefficient (Wildman–Crippen LogP) is 2.07. The third-order valence-corrected chi connectivity index (χ3v) is 3.50. The molecule has 5 nitrogen and oxygen atoms in total. The normalized spacial score (nSPS) is 11.6. The summed E-state index contributed by atoms with van der Waals surface area (Å²) < 4.78 is 5.09. The summed E-state index contributed by atoms with van der Waals surface area (Å²) in [5.74, 6) is 0.508. The Bertz CT molecular complexity index is 488. The van der Waals surface area contributed by atoms with Crippen LogP contribution in [0.3, 0.4) is 0 Å². The van der Waals surface area contributed by atoms with Crippen molar-refractivity contribution in [3.8, 4) is 5.75 Å². The first kappa shape index (κ1) is 17.0. The summed E-state index contributed by atoms with van der Waals surface area (Å²) in [7, 11) is 1.56. The van der Waals surface area contributed by atoms with Crippen molar-refractivity contribution in [1.82, 2.24) is 10.2 Å². The summed E-state index contributed by atoms with van der Waals surface area (Å²) in [4.78, 5) is 25.4. The Labute approximate surface area is 126 Å². The van der Waals surface area contributed by atoms with Gasteiger partial charge in [-0.2, -0.15) is 0 Å². The number of nitrogens with one attached hydrogen (secondary N) is 1. The Hall–Kier alpha value is -2.04. The van der Waals surface area contributed by atoms with Gasteiger partial charge in [-0.15, -0.1) is 0 Å². The molecule has 21 heavy (non-hydrogen) atoms. The lowest BCUT2D eigenvalue weighted by Crippen LogP contribution is -2.42. The molecule has 1 aromatic carbocycles. The Morgan fingerprint density at radius 3 is 2.67 bits per heavy atom. The molecular formula is C16H24N2O3. The van der Waals surface area contributed by atoms with Gasteiger partial charge in [0.25, 0.3) is 5.91 Å². The summed E-state index contributed by atoms with van der Waals surface area (Å²) in [5, 5.41) is 2.83. The largest absolute Gasteiger partial charge is 0.497 e. The minimum Gasteiger partial charge on any atom is -0.497 e. The average Bonchev–Trinajstić information content (AvgIpc) is 2.50. The number of nitrogens with zero attached hydrogens (tertiary/aromatic N) is 1. The Morgan fingerprint density at radius 2 is 2.10 bits per heavy atom. The molecule has 1 atom stereocenters. The molecule has 0 saturated heterocycles. The smallest absolute Gasteiger partial charge is 0.251 e. The summed E-state index contributed by atoms with van der Waals surface area (Å²) >= 11 is 0. The lowest BCUT2D eigenvalue weighted by Gasteiger charge is -2.27. The van der Waals surface area contributed by atoms with E-state index in [9.17, 15) is 9.59 Å². The summed E-state index contributed by atoms with van der Waals surface area (Å²) in [6, 6.07) is 7.16. The van der Waals surface area contributed by atoms with Gasteiger partial charge >= 0.3 is 0 Å². The van der Waals surface area contributed by atoms with Crippen molar-refractivity contribution >= 4 is 11.8 Å². The highest BCUT2D eigenvalue weighted by Crippen LogP contribution is 2.12. The fourth-order valence-corrected chi connectivity index (χ4v) is 2.06. The number of carbonyl (C=O) groups is 2. The number of methoxy groups -OCH3 is 1. The van der Waals surface area contributed by atoms with Crippen LogP contribution in [0.1, 0.15) is 37.6 Å². The molecule has 1 N–H and O–H groups in total. The molecule has 0 radical (unpaired) electrons. The van der Waals surface area contributed by atoms with Crippen LogP contribution in [0.4, 0.5) is 0 Å². The molecule has 0 aromatic heterocycles. The SMILES string of the molecule is CCC(C)N(CCNC(=O)c1cccc(OC)c1)C(C)=O. The van der Waals surface area contributed by atoms with Crippen molar-refractivity contribution in [2.24, 2.45) is 0 Å². The fraction of sp³-hybridized carbons (Fsp3) is 0.500. The van der Waals surface area contributed by atoms with E-state index in [4.69, 9.17) is 4.74 Å². The first-order valence-electron chi connectivity index (χ1n) is 7.19. The van der Waals surface area contributed by atoms with E-state index in [0.717, 1.165) is 6.42 Å². The second-order valence-electron chi connectivity index (χ2n) is 4.96. The zero-order valence-electron chi connectivity index (χ0n) is 13.2. The van der Waals surface area contributed by atoms with Crippen LogP contribution in [0.5, 0.6) is 5.75 Å². The minimum atomic E-state index is -0.165. The number of hydrogen-bond acceptors (Lipinski definition) is 3. The van der Waals surface area contributed by atoms with E-state index in [0.29, 0.717) is 24.4 Å². The molecule has 0 aliphatic heterocycles. The Balaban J connectivity index is 2.54. The Kier molecular flexibility index (Phi) is 6.72. The molecule has 0 saturated carbocycles. The van der Waals surface area contributed by atoms with Gasteiger partial charge in [0.05, 0.1) is 7.11 Å². The van der Waals surface area contributed by atoms with Crippen molar-refractivity contribution in [3.63, 3.8) is 0 Å². The van der Waals surface area contributed by atoms with Gasteiger partial charge in [-0.25, -0.2) is 0 Å². The maximum Gasteiger partial charge on any atom is 0.251 e. The number of carbonyl (C=O) groups excluding carboxylic acids is 2. The van der Waals surface area contributed by atoms with E-state index in [2.05, 4.69) is 5.32 Å². The molecule has 1 aromatic rings. The van der Waals surface area contributed by atoms with Crippen molar-refractivity contribution < 1.29 is 14.3 Å². The summed E-state index contributed by atoms with van der Waals surface area (Å²) in [6.45, 7) is 6.54. The van der Waals surface area contributed by atoms with Gasteiger partial charge < -0.3 is 15.0 Å². The molecular weight excluding hydrogens is 268 g/mol. The first-order chi connectivity index (χ1) is 9.99. The minimum absolute atomic E-state index is 0.0278. The highest BCUT2D eigenvalue weighted by Gasteiger charge is 2.15. The second-order valence-corrected chi connectivity index (χ2v) is 4.96. The molecule has 0 heterocycles. The Morgan fingerprint density at radius 1 is 1.38 bits per heavy atom. The molecule has 0 aliphatic carbocycles. The zero-order chi connectivity index (χ0) is 15.8. The van der Waals surface area contributed by atoms with Gasteiger partial charge in [0.2, 0.25) is 5.91 Å². The number of rotatable bonds is 7. The molecule has 116 valence electrons. The lowest BCUT2D eigenvalue weighted by molar-refractivity contribution is -0.130. The molecule has 0 aliphatic rings. The van der Waals surface area contributed by atoms with E-state index in [1.807, 2.05) is 13.8 Å². The second kappa shape index (κ2) is 8.29. The van der Waals surface area contributed by atoms with E-state index < -0.39 is 0 Å². The van der Waals surface area contributed by atoms with Crippen LogP contribution in [0.2, 0.25) is 0 Å². The molecule has 0 spiro atoms. The highest BCUT2D eigenvalue weighted by molar-refractivity contribution is 5.94. The summed E-state index contributed by atoms with van der Waals surface area (Å²) in [5.41, 5.74) is 0.548. The van der Waals surface area contributed by atoms with E-state index >= 15 is 0 Å². The number of amides is 2. The van der Waals surface area contributed by atoms with Crippen LogP contribution in [-0.2, 0) is 4.79 Å². The van der Waals surface area contributed by atoms with Crippen LogP contribution >= 0.6 is 0 Å². The van der Waals surface area contributed by atoms with Gasteiger partial charge in [-0.05, 0) is 31.5 Å². The third-order valence-electron chi connectivity index (χ3n) is 3.50. The fourth-order valence-electron chi connectivity index (χ4n) is 2.06. The number of hydrogen-bond donors (Lipinski definition) is 1. The molecule has 0 bridgehead atoms. The topological polar surface area (TPSA) is 58.6 Å². The van der Waals surface area contributed by atoms with Crippen molar-refractivity contribution in [2.45, 2.75) is 33.2 Å². The van der Waals surface area contributed by atoms with E-state index in [-0.39, 0.29) is 17.9 Å². The van der Waals surface area contributed by atoms with E-state index in [1.165, 1.54) is 0 Å². The maximum absolute atomic E-state index is 12.0. The zero-order valence-corrected chi connectivity index (χ0v) is 13.2. The maximum atomic E-state index is 12.0. The van der Waals surface area contributed by atoms with Crippen molar-refractivity contribution in [1.29, 1.82) is 0 Å². The average molecular weight is 292 g/mol. The van der Waals surface area contributed by atoms with Gasteiger partial charge in [0, 0.05) is 31.6 Å². The van der Waals surface area contributed by atoms with Gasteiger partial charge in [0.15, 0.2) is 0 Å². The molecule has 0 fully saturated rings. The van der Waals surface area contributed by atoms with Gasteiger partial charge in [0.1, 0.15) is 5.75 Å². The van der Waals surface area contributed by atoms with Crippen LogP contribution in [0, 0.1) is 0 Å². The number of benzene rings is 1. The highest BCUT2D eigenvalue weighted by atomic mass is 16.5. The number of ether oxygens (including phenoxy) is 1. The lowest BCUT2D eigenvalue weighted by atomic mass is 10.2.